The van der Waals surface area contributed by atoms with E-state index >= 15 is 0 Å². The number of hydrazone groups is 1. The van der Waals surface area contributed by atoms with Gasteiger partial charge >= 0.3 is 0 Å². The standard InChI is InChI=1S/C14H18N4O4/c1-4-10(2)7-11(3)9-15-16-13-6-5-12(17(19)20)8-14(13)18(21)22/h4-9,16,21-22H,1-3H3/q-2. The summed E-state index contributed by atoms with van der Waals surface area (Å²) >= 11 is 0. The third-order valence-electron chi connectivity index (χ3n) is 2.77. The second-order valence-electron chi connectivity index (χ2n) is 4.54. The highest BCUT2D eigenvalue weighted by Gasteiger charge is 2.07. The van der Waals surface area contributed by atoms with Crippen molar-refractivity contribution in [2.45, 2.75) is 20.8 Å². The molecule has 0 amide bonds. The zero-order chi connectivity index (χ0) is 16.7. The van der Waals surface area contributed by atoms with Crippen LogP contribution in [-0.4, -0.2) is 16.6 Å². The van der Waals surface area contributed by atoms with E-state index in [2.05, 4.69) is 10.5 Å². The van der Waals surface area contributed by atoms with Crippen LogP contribution in [-0.2, 0) is 0 Å². The Hall–Kier alpha value is -2.39. The lowest BCUT2D eigenvalue weighted by Crippen LogP contribution is -2.14. The van der Waals surface area contributed by atoms with E-state index in [0.717, 1.165) is 17.2 Å². The number of nitrogens with one attached hydrogen (secondary N) is 1. The Balaban J connectivity index is 2.92. The Kier molecular flexibility index (Phi) is 6.54. The topological polar surface area (TPSA) is 117 Å². The van der Waals surface area contributed by atoms with Crippen molar-refractivity contribution >= 4 is 23.3 Å². The molecule has 0 bridgehead atoms. The number of nitrogens with zero attached hydrogens (tertiary/aromatic N) is 3. The van der Waals surface area contributed by atoms with E-state index in [1.807, 2.05) is 32.9 Å². The van der Waals surface area contributed by atoms with Crippen LogP contribution in [0.1, 0.15) is 20.8 Å². The van der Waals surface area contributed by atoms with Gasteiger partial charge in [-0.2, -0.15) is 5.10 Å². The molecule has 0 fully saturated rings. The molecule has 0 aromatic heterocycles. The minimum Gasteiger partial charge on any atom is -0.769 e. The van der Waals surface area contributed by atoms with E-state index < -0.39 is 5.23 Å². The van der Waals surface area contributed by atoms with Gasteiger partial charge in [0.25, 0.3) is 0 Å². The van der Waals surface area contributed by atoms with Crippen molar-refractivity contribution in [1.82, 2.24) is 0 Å². The van der Waals surface area contributed by atoms with Gasteiger partial charge in [0.2, 0.25) is 0 Å². The third-order valence-corrected chi connectivity index (χ3v) is 2.77. The van der Waals surface area contributed by atoms with Gasteiger partial charge < -0.3 is 15.6 Å². The lowest BCUT2D eigenvalue weighted by molar-refractivity contribution is 0.0295. The largest absolute Gasteiger partial charge is 0.769 e. The number of hydrogen-bond donors (Lipinski definition) is 3. The van der Waals surface area contributed by atoms with Crippen LogP contribution in [0.25, 0.3) is 0 Å². The molecule has 0 saturated heterocycles. The summed E-state index contributed by atoms with van der Waals surface area (Å²) in [4.78, 5) is 0. The smallest absolute Gasteiger partial charge is 0.121 e. The lowest BCUT2D eigenvalue weighted by Gasteiger charge is -2.37. The Morgan fingerprint density at radius 3 is 2.45 bits per heavy atom. The van der Waals surface area contributed by atoms with E-state index in [1.54, 1.807) is 6.21 Å². The first kappa shape index (κ1) is 17.7. The quantitative estimate of drug-likeness (QED) is 0.419. The molecule has 22 heavy (non-hydrogen) atoms. The molecule has 0 radical (unpaired) electrons. The molecule has 120 valence electrons. The average molecular weight is 306 g/mol. The number of anilines is 3. The Labute approximate surface area is 128 Å². The Bertz CT molecular complexity index is 595. The van der Waals surface area contributed by atoms with E-state index in [4.69, 9.17) is 10.4 Å². The van der Waals surface area contributed by atoms with Gasteiger partial charge in [0.15, 0.2) is 0 Å². The van der Waals surface area contributed by atoms with E-state index in [9.17, 15) is 10.4 Å². The summed E-state index contributed by atoms with van der Waals surface area (Å²) in [7, 11) is 0. The normalized spacial score (nSPS) is 12.7. The zero-order valence-electron chi connectivity index (χ0n) is 12.5. The highest BCUT2D eigenvalue weighted by molar-refractivity contribution is 5.80. The van der Waals surface area contributed by atoms with Gasteiger partial charge in [0.1, 0.15) is 5.69 Å². The first-order valence-corrected chi connectivity index (χ1v) is 6.41. The molecular weight excluding hydrogens is 288 g/mol. The second-order valence-corrected chi connectivity index (χ2v) is 4.54. The van der Waals surface area contributed by atoms with Gasteiger partial charge in [-0.1, -0.05) is 17.7 Å². The molecule has 1 aromatic rings. The molecule has 0 spiro atoms. The summed E-state index contributed by atoms with van der Waals surface area (Å²) in [5, 5.41) is 42.7. The third kappa shape index (κ3) is 5.19. The maximum Gasteiger partial charge on any atom is 0.121 e. The van der Waals surface area contributed by atoms with Crippen molar-refractivity contribution in [2.75, 3.05) is 15.9 Å². The number of rotatable bonds is 6. The summed E-state index contributed by atoms with van der Waals surface area (Å²) in [6.45, 7) is 5.74. The molecule has 0 heterocycles. The SMILES string of the molecule is CC=C(C)C=C(C)C=NNc1ccc(N([O-])[O-])cc1N(O)O. The predicted molar refractivity (Wildman–Crippen MR) is 87.0 cm³/mol. The molecule has 1 rings (SSSR count). The fourth-order valence-electron chi connectivity index (χ4n) is 1.58. The summed E-state index contributed by atoms with van der Waals surface area (Å²) in [6, 6.07) is 3.59. The van der Waals surface area contributed by atoms with Gasteiger partial charge in [-0.25, -0.2) is 0 Å². The summed E-state index contributed by atoms with van der Waals surface area (Å²) in [5.41, 5.74) is 4.34. The van der Waals surface area contributed by atoms with Gasteiger partial charge in [0, 0.05) is 5.69 Å². The summed E-state index contributed by atoms with van der Waals surface area (Å²) in [5.74, 6) is 0. The highest BCUT2D eigenvalue weighted by atomic mass is 16.8. The maximum absolute atomic E-state index is 10.7. The molecule has 3 N–H and O–H groups in total. The highest BCUT2D eigenvalue weighted by Crippen LogP contribution is 2.29. The van der Waals surface area contributed by atoms with E-state index in [1.165, 1.54) is 12.1 Å². The molecule has 0 aliphatic carbocycles. The van der Waals surface area contributed by atoms with Crippen molar-refractivity contribution in [2.24, 2.45) is 5.10 Å². The van der Waals surface area contributed by atoms with Crippen molar-refractivity contribution in [1.29, 1.82) is 0 Å². The fourth-order valence-corrected chi connectivity index (χ4v) is 1.58. The molecule has 0 saturated carbocycles. The van der Waals surface area contributed by atoms with E-state index in [0.29, 0.717) is 0 Å². The van der Waals surface area contributed by atoms with Gasteiger partial charge in [-0.3, -0.25) is 15.8 Å². The Morgan fingerprint density at radius 2 is 1.91 bits per heavy atom. The molecular formula is C14H18N4O4-2. The van der Waals surface area contributed by atoms with Crippen LogP contribution in [0.5, 0.6) is 0 Å². The van der Waals surface area contributed by atoms with Crippen LogP contribution in [0.3, 0.4) is 0 Å². The predicted octanol–water partition coefficient (Wildman–Crippen LogP) is 3.38. The van der Waals surface area contributed by atoms with Crippen molar-refractivity contribution in [3.63, 3.8) is 0 Å². The first-order valence-electron chi connectivity index (χ1n) is 6.41. The first-order chi connectivity index (χ1) is 10.3. The van der Waals surface area contributed by atoms with Crippen LogP contribution < -0.4 is 15.9 Å². The molecule has 0 aliphatic heterocycles. The molecule has 0 atom stereocenters. The Morgan fingerprint density at radius 1 is 1.23 bits per heavy atom. The molecule has 8 nitrogen and oxygen atoms in total. The monoisotopic (exact) mass is 306 g/mol. The number of allylic oxidation sites excluding steroid dienone is 4. The van der Waals surface area contributed by atoms with Gasteiger partial charge in [0.05, 0.1) is 11.9 Å². The van der Waals surface area contributed by atoms with Crippen LogP contribution >= 0.6 is 0 Å². The van der Waals surface area contributed by atoms with Crippen molar-refractivity contribution in [3.05, 3.63) is 51.9 Å². The average Bonchev–Trinajstić information content (AvgIpc) is 2.46. The summed E-state index contributed by atoms with van der Waals surface area (Å²) in [6.07, 6.45) is 5.43. The summed E-state index contributed by atoms with van der Waals surface area (Å²) < 4.78 is 0. The lowest BCUT2D eigenvalue weighted by atomic mass is 10.2. The van der Waals surface area contributed by atoms with Crippen LogP contribution in [0.2, 0.25) is 0 Å². The van der Waals surface area contributed by atoms with E-state index in [-0.39, 0.29) is 22.3 Å². The number of benzene rings is 1. The second kappa shape index (κ2) is 8.15. The molecule has 0 unspecified atom stereocenters. The zero-order valence-corrected chi connectivity index (χ0v) is 12.5. The maximum atomic E-state index is 10.7. The van der Waals surface area contributed by atoms with Crippen molar-refractivity contribution < 1.29 is 10.4 Å². The van der Waals surface area contributed by atoms with Crippen LogP contribution in [0, 0.1) is 10.4 Å². The van der Waals surface area contributed by atoms with Gasteiger partial charge in [-0.05, 0) is 44.5 Å². The molecule has 1 aromatic carbocycles. The fraction of sp³-hybridized carbons (Fsp3) is 0.214. The minimum atomic E-state index is -0.632. The molecule has 8 heteroatoms. The van der Waals surface area contributed by atoms with Crippen LogP contribution in [0.15, 0.2) is 46.6 Å². The van der Waals surface area contributed by atoms with Crippen molar-refractivity contribution in [3.8, 4) is 0 Å². The van der Waals surface area contributed by atoms with Gasteiger partial charge in [-0.15, -0.1) is 5.23 Å². The van der Waals surface area contributed by atoms with Crippen LogP contribution in [0.4, 0.5) is 17.1 Å². The minimum absolute atomic E-state index is 0.183. The molecule has 0 aliphatic rings. The number of hydrogen-bond acceptors (Lipinski definition) is 8.